The molecule has 0 radical (unpaired) electrons. The quantitative estimate of drug-likeness (QED) is 0.471. The number of aryl methyl sites for hydroxylation is 1. The van der Waals surface area contributed by atoms with E-state index in [1.54, 1.807) is 29.1 Å². The fraction of sp³-hybridized carbons (Fsp3) is 0.263. The molecule has 0 saturated carbocycles. The van der Waals surface area contributed by atoms with Crippen molar-refractivity contribution in [3.8, 4) is 16.8 Å². The second-order valence-corrected chi connectivity index (χ2v) is 6.46. The Morgan fingerprint density at radius 1 is 1.24 bits per heavy atom. The number of aromatic amines is 1. The number of aliphatic carboxylic acids is 1. The van der Waals surface area contributed by atoms with Crippen LogP contribution in [0.25, 0.3) is 16.8 Å². The third-order valence-corrected chi connectivity index (χ3v) is 4.26. The lowest BCUT2D eigenvalue weighted by molar-refractivity contribution is -0.192. The number of hydrogen-bond acceptors (Lipinski definition) is 5. The highest BCUT2D eigenvalue weighted by atomic mass is 19.4. The molecule has 9 nitrogen and oxygen atoms in total. The van der Waals surface area contributed by atoms with Crippen molar-refractivity contribution in [2.45, 2.75) is 26.1 Å². The molecule has 3 aromatic rings. The lowest BCUT2D eigenvalue weighted by Crippen LogP contribution is -2.21. The maximum atomic E-state index is 12.9. The van der Waals surface area contributed by atoms with E-state index in [4.69, 9.17) is 15.6 Å². The fourth-order valence-corrected chi connectivity index (χ4v) is 2.63. The first-order chi connectivity index (χ1) is 15.5. The number of nitrogens with two attached hydrogens (primary N) is 1. The first kappa shape index (κ1) is 25.5. The van der Waals surface area contributed by atoms with Crippen LogP contribution in [0, 0.1) is 0 Å². The number of benzene rings is 1. The number of nitrogens with zero attached hydrogens (tertiary/aromatic N) is 4. The Morgan fingerprint density at radius 2 is 1.91 bits per heavy atom. The van der Waals surface area contributed by atoms with Gasteiger partial charge in [0.05, 0.1) is 11.9 Å². The molecule has 3 rings (SSSR count). The first-order valence-corrected chi connectivity index (χ1v) is 9.30. The Morgan fingerprint density at radius 3 is 2.42 bits per heavy atom. The normalized spacial score (nSPS) is 11.0. The van der Waals surface area contributed by atoms with Crippen molar-refractivity contribution >= 4 is 5.97 Å². The van der Waals surface area contributed by atoms with Gasteiger partial charge in [-0.3, -0.25) is 4.68 Å². The van der Waals surface area contributed by atoms with Crippen LogP contribution in [0.2, 0.25) is 0 Å². The van der Waals surface area contributed by atoms with Crippen LogP contribution in [0.4, 0.5) is 22.0 Å². The Hall–Kier alpha value is -3.81. The van der Waals surface area contributed by atoms with Crippen molar-refractivity contribution in [3.05, 3.63) is 64.6 Å². The number of carboxylic acid groups (broad SMARTS) is 1. The van der Waals surface area contributed by atoms with Crippen molar-refractivity contribution in [3.63, 3.8) is 0 Å². The monoisotopic (exact) mass is 474 g/mol. The molecule has 0 unspecified atom stereocenters. The van der Waals surface area contributed by atoms with Gasteiger partial charge in [-0.2, -0.15) is 32.1 Å². The summed E-state index contributed by atoms with van der Waals surface area (Å²) in [5.74, 6) is -2.59. The van der Waals surface area contributed by atoms with Crippen LogP contribution < -0.4 is 11.4 Å². The number of nitrogens with one attached hydrogen (secondary N) is 1. The molecule has 2 heterocycles. The molecule has 0 fully saturated rings. The van der Waals surface area contributed by atoms with Crippen LogP contribution in [0.5, 0.6) is 0 Å². The lowest BCUT2D eigenvalue weighted by atomic mass is 10.1. The molecule has 0 bridgehead atoms. The maximum absolute atomic E-state index is 12.9. The van der Waals surface area contributed by atoms with E-state index in [1.165, 1.54) is 4.57 Å². The summed E-state index contributed by atoms with van der Waals surface area (Å²) in [5, 5.41) is 17.5. The van der Waals surface area contributed by atoms with E-state index < -0.39 is 23.9 Å². The van der Waals surface area contributed by atoms with Gasteiger partial charge >= 0.3 is 17.8 Å². The highest BCUT2D eigenvalue weighted by Gasteiger charge is 2.38. The minimum Gasteiger partial charge on any atom is -0.475 e. The summed E-state index contributed by atoms with van der Waals surface area (Å²) >= 11 is 0. The zero-order valence-corrected chi connectivity index (χ0v) is 17.1. The van der Waals surface area contributed by atoms with E-state index in [9.17, 15) is 26.7 Å². The predicted molar refractivity (Wildman–Crippen MR) is 107 cm³/mol. The minimum absolute atomic E-state index is 0.171. The average molecular weight is 474 g/mol. The second kappa shape index (κ2) is 10.7. The summed E-state index contributed by atoms with van der Waals surface area (Å²) in [6.45, 7) is 2.42. The zero-order valence-electron chi connectivity index (χ0n) is 17.1. The zero-order chi connectivity index (χ0) is 24.8. The Bertz CT molecular complexity index is 1190. The summed E-state index contributed by atoms with van der Waals surface area (Å²) in [5.41, 5.74) is 6.87. The molecule has 0 aliphatic heterocycles. The SMILES string of the molecule is CCn1cc(-c2cccc(-n3c(CC(CN)=C(F)F)n[nH]c3=O)c2)cn1.O=C(O)C(F)(F)F. The topological polar surface area (TPSA) is 132 Å². The van der Waals surface area contributed by atoms with Gasteiger partial charge in [-0.05, 0) is 24.6 Å². The van der Waals surface area contributed by atoms with Crippen LogP contribution >= 0.6 is 0 Å². The van der Waals surface area contributed by atoms with Gasteiger partial charge in [-0.1, -0.05) is 12.1 Å². The van der Waals surface area contributed by atoms with Crippen LogP contribution in [0.1, 0.15) is 12.7 Å². The van der Waals surface area contributed by atoms with Gasteiger partial charge in [0.1, 0.15) is 5.82 Å². The van der Waals surface area contributed by atoms with Gasteiger partial charge in [0, 0.05) is 36.8 Å². The van der Waals surface area contributed by atoms with Crippen molar-refractivity contribution in [1.29, 1.82) is 0 Å². The average Bonchev–Trinajstić information content (AvgIpc) is 3.38. The summed E-state index contributed by atoms with van der Waals surface area (Å²) in [6.07, 6.45) is -3.52. The molecule has 0 aliphatic carbocycles. The molecule has 1 aromatic carbocycles. The number of aromatic nitrogens is 5. The Labute approximate surface area is 183 Å². The largest absolute Gasteiger partial charge is 0.490 e. The van der Waals surface area contributed by atoms with E-state index >= 15 is 0 Å². The van der Waals surface area contributed by atoms with E-state index in [1.807, 2.05) is 19.2 Å². The first-order valence-electron chi connectivity index (χ1n) is 9.30. The molecule has 178 valence electrons. The molecule has 0 spiro atoms. The Balaban J connectivity index is 0.000000479. The molecule has 0 aliphatic rings. The van der Waals surface area contributed by atoms with Crippen LogP contribution in [-0.4, -0.2) is 48.3 Å². The molecule has 0 atom stereocenters. The maximum Gasteiger partial charge on any atom is 0.490 e. The van der Waals surface area contributed by atoms with Gasteiger partial charge in [0.25, 0.3) is 6.08 Å². The molecule has 33 heavy (non-hydrogen) atoms. The number of H-pyrrole nitrogens is 1. The van der Waals surface area contributed by atoms with Crippen molar-refractivity contribution in [2.75, 3.05) is 6.54 Å². The Kier molecular flexibility index (Phi) is 8.23. The van der Waals surface area contributed by atoms with Gasteiger partial charge < -0.3 is 10.8 Å². The number of rotatable bonds is 6. The highest BCUT2D eigenvalue weighted by molar-refractivity contribution is 5.73. The number of carboxylic acids is 1. The molecule has 0 amide bonds. The molecule has 0 saturated heterocycles. The summed E-state index contributed by atoms with van der Waals surface area (Å²) in [4.78, 5) is 21.1. The number of halogens is 5. The second-order valence-electron chi connectivity index (χ2n) is 6.46. The van der Waals surface area contributed by atoms with Gasteiger partial charge in [-0.15, -0.1) is 0 Å². The van der Waals surface area contributed by atoms with Gasteiger partial charge in [-0.25, -0.2) is 19.3 Å². The summed E-state index contributed by atoms with van der Waals surface area (Å²) in [7, 11) is 0. The van der Waals surface area contributed by atoms with Crippen LogP contribution in [0.3, 0.4) is 0 Å². The van der Waals surface area contributed by atoms with Crippen molar-refractivity contribution < 1.29 is 31.9 Å². The number of alkyl halides is 3. The third kappa shape index (κ3) is 6.58. The highest BCUT2D eigenvalue weighted by Crippen LogP contribution is 2.22. The molecule has 4 N–H and O–H groups in total. The van der Waals surface area contributed by atoms with E-state index in [-0.39, 0.29) is 24.4 Å². The molecular weight excluding hydrogens is 455 g/mol. The summed E-state index contributed by atoms with van der Waals surface area (Å²) < 4.78 is 60.6. The van der Waals surface area contributed by atoms with E-state index in [0.29, 0.717) is 5.69 Å². The standard InChI is InChI=1S/C17H18F2N6O.C2HF3O2/c1-2-24-10-13(9-21-24)11-4-3-5-14(6-11)25-15(22-23-17(25)26)7-12(8-20)16(18)19;3-2(4,5)1(6)7/h3-6,9-10H,2,7-8,20H2,1H3,(H,23,26);(H,6,7). The van der Waals surface area contributed by atoms with E-state index in [2.05, 4.69) is 15.3 Å². The van der Waals surface area contributed by atoms with Crippen molar-refractivity contribution in [1.82, 2.24) is 24.5 Å². The molecule has 14 heteroatoms. The number of hydrogen-bond donors (Lipinski definition) is 3. The predicted octanol–water partition coefficient (Wildman–Crippen LogP) is 2.73. The minimum atomic E-state index is -5.08. The summed E-state index contributed by atoms with van der Waals surface area (Å²) in [6, 6.07) is 7.17. The molecular formula is C19H19F5N6O3. The number of carbonyl (C=O) groups is 1. The molecule has 2 aromatic heterocycles. The van der Waals surface area contributed by atoms with Gasteiger partial charge in [0.15, 0.2) is 0 Å². The van der Waals surface area contributed by atoms with Crippen molar-refractivity contribution in [2.24, 2.45) is 5.73 Å². The van der Waals surface area contributed by atoms with Gasteiger partial charge in [0.2, 0.25) is 0 Å². The lowest BCUT2D eigenvalue weighted by Gasteiger charge is -2.08. The fourth-order valence-electron chi connectivity index (χ4n) is 2.63. The third-order valence-electron chi connectivity index (χ3n) is 4.26. The van der Waals surface area contributed by atoms with Crippen LogP contribution in [0.15, 0.2) is 53.1 Å². The smallest absolute Gasteiger partial charge is 0.475 e. The van der Waals surface area contributed by atoms with Crippen LogP contribution in [-0.2, 0) is 17.8 Å². The van der Waals surface area contributed by atoms with E-state index in [0.717, 1.165) is 17.7 Å².